The number of nitrogens with zero attached hydrogens (tertiary/aromatic N) is 3. The Hall–Kier alpha value is -0.537. The van der Waals surface area contributed by atoms with Crippen molar-refractivity contribution < 1.29 is 26.2 Å². The van der Waals surface area contributed by atoms with Crippen molar-refractivity contribution in [2.45, 2.75) is 34.6 Å². The zero-order chi connectivity index (χ0) is 22.9. The molecule has 29 heavy (non-hydrogen) atoms. The quantitative estimate of drug-likeness (QED) is 0.376. The van der Waals surface area contributed by atoms with E-state index in [2.05, 4.69) is 75.1 Å². The Morgan fingerprint density at radius 2 is 1.00 bits per heavy atom. The van der Waals surface area contributed by atoms with Gasteiger partial charge < -0.3 is 14.7 Å². The number of hydrogen-bond donors (Lipinski definition) is 0. The summed E-state index contributed by atoms with van der Waals surface area (Å²) < 4.78 is 0. The molecule has 0 heterocycles. The Balaban J connectivity index is -0.000000147. The first-order chi connectivity index (χ1) is 12.8. The molecule has 1 rings (SSSR count). The molecule has 0 bridgehead atoms. The maximum Gasteiger partial charge on any atom is 0.0154 e. The van der Waals surface area contributed by atoms with Gasteiger partial charge >= 0.3 is 0 Å². The second-order valence-corrected chi connectivity index (χ2v) is 8.28. The summed E-state index contributed by atoms with van der Waals surface area (Å²) in [6, 6.07) is 0. The van der Waals surface area contributed by atoms with E-state index in [1.54, 1.807) is 0 Å². The topological polar surface area (TPSA) is 9.72 Å². The molecule has 1 aliphatic rings. The minimum atomic E-state index is 0. The van der Waals surface area contributed by atoms with Gasteiger partial charge in [-0.1, -0.05) is 51.3 Å². The average Bonchev–Trinajstić information content (AvgIpc) is 2.71. The molecule has 168 valence electrons. The van der Waals surface area contributed by atoms with Crippen LogP contribution in [0.25, 0.3) is 0 Å². The number of allylic oxidation sites excluding steroid dienone is 4. The van der Waals surface area contributed by atoms with E-state index < -0.39 is 0 Å². The molecule has 0 spiro atoms. The van der Waals surface area contributed by atoms with Crippen molar-refractivity contribution in [1.82, 2.24) is 14.7 Å². The Labute approximate surface area is 203 Å². The smallest absolute Gasteiger partial charge is 0.0154 e. The molecule has 0 saturated carbocycles. The number of rotatable bonds is 6. The third-order valence-corrected chi connectivity index (χ3v) is 4.05. The van der Waals surface area contributed by atoms with Crippen LogP contribution in [0.4, 0.5) is 0 Å². The second kappa shape index (κ2) is 20.7. The van der Waals surface area contributed by atoms with Gasteiger partial charge in [0, 0.05) is 45.8 Å². The van der Waals surface area contributed by atoms with Gasteiger partial charge in [-0.05, 0) is 42.3 Å². The Morgan fingerprint density at radius 3 is 1.03 bits per heavy atom. The zero-order valence-electron chi connectivity index (χ0n) is 21.3. The third kappa shape index (κ3) is 23.6. The monoisotopic (exact) mass is 480 g/mol. The minimum absolute atomic E-state index is 0. The zero-order valence-corrected chi connectivity index (χ0v) is 23.8. The third-order valence-electron chi connectivity index (χ3n) is 4.05. The molecule has 1 aliphatic carbocycles. The van der Waals surface area contributed by atoms with Crippen molar-refractivity contribution in [3.63, 3.8) is 0 Å². The van der Waals surface area contributed by atoms with E-state index in [-0.39, 0.29) is 31.6 Å². The van der Waals surface area contributed by atoms with Crippen molar-refractivity contribution in [2.75, 3.05) is 61.9 Å². The van der Waals surface area contributed by atoms with Crippen LogP contribution in [0.5, 0.6) is 0 Å². The van der Waals surface area contributed by atoms with E-state index in [9.17, 15) is 0 Å². The molecular weight excluding hydrogens is 434 g/mol. The SMILES string of the molecule is C=CCN(C)C.C=CCN(C)C.C=CCN(C)C.CC1=[C-]C(C)(C)C(C)=C1C.[Zr]. The summed E-state index contributed by atoms with van der Waals surface area (Å²) in [7, 11) is 12.1. The van der Waals surface area contributed by atoms with Crippen LogP contribution >= 0.6 is 0 Å². The molecule has 0 amide bonds. The van der Waals surface area contributed by atoms with Crippen molar-refractivity contribution in [1.29, 1.82) is 0 Å². The summed E-state index contributed by atoms with van der Waals surface area (Å²) in [5, 5.41) is 0. The summed E-state index contributed by atoms with van der Waals surface area (Å²) in [4.78, 5) is 6.19. The molecular formula is C25H48N3Zr-. The van der Waals surface area contributed by atoms with Crippen LogP contribution in [0.3, 0.4) is 0 Å². The Bertz CT molecular complexity index is 465. The van der Waals surface area contributed by atoms with E-state index in [1.807, 2.05) is 60.5 Å². The van der Waals surface area contributed by atoms with Crippen LogP contribution < -0.4 is 0 Å². The van der Waals surface area contributed by atoms with Crippen LogP contribution in [0, 0.1) is 11.5 Å². The van der Waals surface area contributed by atoms with E-state index in [1.165, 1.54) is 16.7 Å². The van der Waals surface area contributed by atoms with Crippen molar-refractivity contribution in [3.05, 3.63) is 60.8 Å². The first kappa shape index (κ1) is 35.9. The van der Waals surface area contributed by atoms with Gasteiger partial charge in [-0.3, -0.25) is 6.08 Å². The van der Waals surface area contributed by atoms with Crippen molar-refractivity contribution in [2.24, 2.45) is 5.41 Å². The molecule has 0 aromatic heterocycles. The molecule has 0 radical (unpaired) electrons. The molecule has 0 saturated heterocycles. The molecule has 0 unspecified atom stereocenters. The molecule has 0 fully saturated rings. The van der Waals surface area contributed by atoms with Crippen LogP contribution in [0.1, 0.15) is 34.6 Å². The predicted molar refractivity (Wildman–Crippen MR) is 131 cm³/mol. The summed E-state index contributed by atoms with van der Waals surface area (Å²) in [6.45, 7) is 24.5. The maximum absolute atomic E-state index is 3.56. The maximum atomic E-state index is 3.56. The first-order valence-corrected chi connectivity index (χ1v) is 9.83. The van der Waals surface area contributed by atoms with Gasteiger partial charge in [0.25, 0.3) is 0 Å². The van der Waals surface area contributed by atoms with E-state index in [0.29, 0.717) is 0 Å². The van der Waals surface area contributed by atoms with Crippen LogP contribution in [0.15, 0.2) is 54.7 Å². The number of likely N-dealkylation sites (N-methyl/N-ethyl adjacent to an activating group) is 3. The molecule has 0 N–H and O–H groups in total. The Kier molecular flexibility index (Phi) is 25.6. The van der Waals surface area contributed by atoms with Crippen LogP contribution in [0.2, 0.25) is 0 Å². The Morgan fingerprint density at radius 1 is 0.724 bits per heavy atom. The average molecular weight is 482 g/mol. The summed E-state index contributed by atoms with van der Waals surface area (Å²) in [5.74, 6) is 0. The molecule has 0 atom stereocenters. The molecule has 3 nitrogen and oxygen atoms in total. The van der Waals surface area contributed by atoms with Crippen LogP contribution in [-0.4, -0.2) is 76.6 Å². The van der Waals surface area contributed by atoms with Gasteiger partial charge in [-0.15, -0.1) is 26.7 Å². The van der Waals surface area contributed by atoms with E-state index >= 15 is 0 Å². The fourth-order valence-corrected chi connectivity index (χ4v) is 2.18. The van der Waals surface area contributed by atoms with Crippen LogP contribution in [-0.2, 0) is 26.2 Å². The number of hydrogen-bond acceptors (Lipinski definition) is 3. The molecule has 4 heteroatoms. The molecule has 0 aromatic carbocycles. The minimum Gasteiger partial charge on any atom is -0.306 e. The second-order valence-electron chi connectivity index (χ2n) is 8.28. The summed E-state index contributed by atoms with van der Waals surface area (Å²) >= 11 is 0. The standard InChI is InChI=1S/C10H15.3C5H11N.Zr/c1-7-6-10(4,5)9(3)8(7)2;3*1-4-5-6(2)3;/h1-5H3;3*4H,1,5H2,2-3H3;/q-1;;;;. The van der Waals surface area contributed by atoms with Gasteiger partial charge in [0.2, 0.25) is 0 Å². The summed E-state index contributed by atoms with van der Waals surface area (Å²) in [6.07, 6.45) is 9.06. The van der Waals surface area contributed by atoms with E-state index in [0.717, 1.165) is 19.6 Å². The first-order valence-electron chi connectivity index (χ1n) is 9.83. The predicted octanol–water partition coefficient (Wildman–Crippen LogP) is 5.31. The fraction of sp³-hybridized carbons (Fsp3) is 0.600. The van der Waals surface area contributed by atoms with Crippen molar-refractivity contribution in [3.8, 4) is 0 Å². The molecule has 0 aromatic rings. The van der Waals surface area contributed by atoms with Gasteiger partial charge in [-0.25, -0.2) is 5.57 Å². The van der Waals surface area contributed by atoms with Gasteiger partial charge in [0.1, 0.15) is 0 Å². The van der Waals surface area contributed by atoms with E-state index in [4.69, 9.17) is 0 Å². The summed E-state index contributed by atoms with van der Waals surface area (Å²) in [5.41, 5.74) is 4.39. The largest absolute Gasteiger partial charge is 0.306 e. The van der Waals surface area contributed by atoms with Gasteiger partial charge in [-0.2, -0.15) is 11.1 Å². The normalized spacial score (nSPS) is 13.8. The van der Waals surface area contributed by atoms with Crippen molar-refractivity contribution >= 4 is 0 Å². The fourth-order valence-electron chi connectivity index (χ4n) is 2.18. The van der Waals surface area contributed by atoms with Gasteiger partial charge in [0.15, 0.2) is 0 Å². The molecule has 0 aliphatic heterocycles. The van der Waals surface area contributed by atoms with Gasteiger partial charge in [0.05, 0.1) is 0 Å².